The summed E-state index contributed by atoms with van der Waals surface area (Å²) in [6.45, 7) is 5.43. The Balaban J connectivity index is 2.61. The molecule has 0 bridgehead atoms. The number of carboxylic acids is 1. The maximum Gasteiger partial charge on any atom is 0.328 e. The molecule has 1 aliphatic rings. The summed E-state index contributed by atoms with van der Waals surface area (Å²) in [5.74, 6) is -0.556. The van der Waals surface area contributed by atoms with Gasteiger partial charge in [0.25, 0.3) is 0 Å². The van der Waals surface area contributed by atoms with E-state index < -0.39 is 12.0 Å². The Morgan fingerprint density at radius 3 is 2.68 bits per heavy atom. The zero-order chi connectivity index (χ0) is 14.4. The van der Waals surface area contributed by atoms with Crippen LogP contribution in [-0.2, 0) is 14.3 Å². The van der Waals surface area contributed by atoms with Crippen LogP contribution in [0, 0.1) is 11.8 Å². The fraction of sp³-hybridized carbons (Fsp3) is 0.846. The highest BCUT2D eigenvalue weighted by Gasteiger charge is 2.33. The number of ether oxygens (including phenoxy) is 1. The van der Waals surface area contributed by atoms with Crippen LogP contribution >= 0.6 is 0 Å². The average Bonchev–Trinajstić information content (AvgIpc) is 2.37. The van der Waals surface area contributed by atoms with Crippen LogP contribution in [0.3, 0.4) is 0 Å². The Labute approximate surface area is 113 Å². The minimum Gasteiger partial charge on any atom is -0.480 e. The molecular formula is C13H24N2O4. The number of carboxylic acid groups (broad SMARTS) is 1. The molecule has 0 spiro atoms. The number of hydrogen-bond donors (Lipinski definition) is 2. The number of nitrogens with two attached hydrogens (primary N) is 1. The number of carbonyl (C=O) groups is 2. The van der Waals surface area contributed by atoms with Crippen molar-refractivity contribution in [3.8, 4) is 0 Å². The Morgan fingerprint density at radius 1 is 1.47 bits per heavy atom. The second kappa shape index (κ2) is 7.45. The number of hydrogen-bond acceptors (Lipinski definition) is 4. The summed E-state index contributed by atoms with van der Waals surface area (Å²) < 4.78 is 5.12. The first-order chi connectivity index (χ1) is 8.95. The summed E-state index contributed by atoms with van der Waals surface area (Å²) in [6, 6.07) is -0.862. The SMILES string of the molecule is CC(C)C[C@H](CN)CC(=O)N1CCOCC1C(=O)O. The predicted molar refractivity (Wildman–Crippen MR) is 70.6 cm³/mol. The van der Waals surface area contributed by atoms with Gasteiger partial charge >= 0.3 is 5.97 Å². The van der Waals surface area contributed by atoms with Gasteiger partial charge in [0.05, 0.1) is 13.2 Å². The van der Waals surface area contributed by atoms with Crippen molar-refractivity contribution in [3.05, 3.63) is 0 Å². The predicted octanol–water partition coefficient (Wildman–Crippen LogP) is 0.310. The highest BCUT2D eigenvalue weighted by Crippen LogP contribution is 2.18. The number of rotatable bonds is 6. The van der Waals surface area contributed by atoms with Crippen molar-refractivity contribution in [2.24, 2.45) is 17.6 Å². The molecule has 6 nitrogen and oxygen atoms in total. The van der Waals surface area contributed by atoms with Crippen molar-refractivity contribution in [3.63, 3.8) is 0 Å². The zero-order valence-corrected chi connectivity index (χ0v) is 11.7. The number of aliphatic carboxylic acids is 1. The summed E-state index contributed by atoms with van der Waals surface area (Å²) in [4.78, 5) is 24.7. The first kappa shape index (κ1) is 15.9. The van der Waals surface area contributed by atoms with E-state index in [2.05, 4.69) is 13.8 Å². The average molecular weight is 272 g/mol. The minimum atomic E-state index is -1.01. The van der Waals surface area contributed by atoms with E-state index in [4.69, 9.17) is 15.6 Å². The van der Waals surface area contributed by atoms with Gasteiger partial charge in [-0.25, -0.2) is 4.79 Å². The Kier molecular flexibility index (Phi) is 6.24. The second-order valence-electron chi connectivity index (χ2n) is 5.45. The fourth-order valence-corrected chi connectivity index (χ4v) is 2.40. The standard InChI is InChI=1S/C13H24N2O4/c1-9(2)5-10(7-14)6-12(16)15-3-4-19-8-11(15)13(17)18/h9-11H,3-8,14H2,1-2H3,(H,17,18)/t10-,11?/m0/s1. The molecule has 0 aliphatic carbocycles. The second-order valence-corrected chi connectivity index (χ2v) is 5.45. The van der Waals surface area contributed by atoms with Crippen LogP contribution in [0.1, 0.15) is 26.7 Å². The summed E-state index contributed by atoms with van der Waals surface area (Å²) in [6.07, 6.45) is 1.20. The Bertz CT molecular complexity index is 320. The van der Waals surface area contributed by atoms with Crippen LogP contribution in [0.5, 0.6) is 0 Å². The number of nitrogens with zero attached hydrogens (tertiary/aromatic N) is 1. The molecule has 19 heavy (non-hydrogen) atoms. The highest BCUT2D eigenvalue weighted by molar-refractivity contribution is 5.84. The summed E-state index contributed by atoms with van der Waals surface area (Å²) in [5, 5.41) is 9.10. The molecule has 1 heterocycles. The number of amides is 1. The van der Waals surface area contributed by atoms with Crippen LogP contribution in [-0.4, -0.2) is 54.2 Å². The van der Waals surface area contributed by atoms with Crippen LogP contribution in [0.25, 0.3) is 0 Å². The lowest BCUT2D eigenvalue weighted by Gasteiger charge is -2.34. The molecule has 110 valence electrons. The summed E-state index contributed by atoms with van der Waals surface area (Å²) >= 11 is 0. The van der Waals surface area contributed by atoms with Gasteiger partial charge in [-0.3, -0.25) is 4.79 Å². The third-order valence-electron chi connectivity index (χ3n) is 3.34. The van der Waals surface area contributed by atoms with Crippen molar-refractivity contribution in [2.75, 3.05) is 26.3 Å². The zero-order valence-electron chi connectivity index (χ0n) is 11.7. The topological polar surface area (TPSA) is 92.9 Å². The molecule has 6 heteroatoms. The van der Waals surface area contributed by atoms with E-state index in [1.807, 2.05) is 0 Å². The lowest BCUT2D eigenvalue weighted by Crippen LogP contribution is -2.53. The minimum absolute atomic E-state index is 0.0680. The smallest absolute Gasteiger partial charge is 0.328 e. The van der Waals surface area contributed by atoms with E-state index in [0.29, 0.717) is 32.0 Å². The molecular weight excluding hydrogens is 248 g/mol. The quantitative estimate of drug-likeness (QED) is 0.726. The monoisotopic (exact) mass is 272 g/mol. The molecule has 0 aromatic carbocycles. The largest absolute Gasteiger partial charge is 0.480 e. The van der Waals surface area contributed by atoms with E-state index in [1.54, 1.807) is 0 Å². The first-order valence-corrected chi connectivity index (χ1v) is 6.75. The fourth-order valence-electron chi connectivity index (χ4n) is 2.40. The maximum atomic E-state index is 12.2. The molecule has 0 aromatic heterocycles. The van der Waals surface area contributed by atoms with E-state index in [1.165, 1.54) is 4.90 Å². The Morgan fingerprint density at radius 2 is 2.16 bits per heavy atom. The molecule has 1 aliphatic heterocycles. The molecule has 1 rings (SSSR count). The molecule has 0 saturated carbocycles. The number of morpholine rings is 1. The van der Waals surface area contributed by atoms with Gasteiger partial charge in [-0.2, -0.15) is 0 Å². The molecule has 0 radical (unpaired) electrons. The number of carbonyl (C=O) groups excluding carboxylic acids is 1. The lowest BCUT2D eigenvalue weighted by atomic mass is 9.93. The molecule has 0 aromatic rings. The van der Waals surface area contributed by atoms with Crippen molar-refractivity contribution >= 4 is 11.9 Å². The van der Waals surface area contributed by atoms with Crippen molar-refractivity contribution in [2.45, 2.75) is 32.7 Å². The maximum absolute atomic E-state index is 12.2. The molecule has 3 N–H and O–H groups in total. The van der Waals surface area contributed by atoms with E-state index in [9.17, 15) is 9.59 Å². The van der Waals surface area contributed by atoms with Crippen LogP contribution in [0.15, 0.2) is 0 Å². The van der Waals surface area contributed by atoms with E-state index >= 15 is 0 Å². The molecule has 1 saturated heterocycles. The normalized spacial score (nSPS) is 21.5. The summed E-state index contributed by atoms with van der Waals surface area (Å²) in [5.41, 5.74) is 5.68. The van der Waals surface area contributed by atoms with Gasteiger partial charge in [0, 0.05) is 13.0 Å². The Hall–Kier alpha value is -1.14. The van der Waals surface area contributed by atoms with E-state index in [0.717, 1.165) is 6.42 Å². The van der Waals surface area contributed by atoms with Crippen molar-refractivity contribution < 1.29 is 19.4 Å². The van der Waals surface area contributed by atoms with Gasteiger partial charge in [0.2, 0.25) is 5.91 Å². The van der Waals surface area contributed by atoms with Gasteiger partial charge in [0.1, 0.15) is 0 Å². The van der Waals surface area contributed by atoms with Gasteiger partial charge < -0.3 is 20.5 Å². The molecule has 1 amide bonds. The highest BCUT2D eigenvalue weighted by atomic mass is 16.5. The summed E-state index contributed by atoms with van der Waals surface area (Å²) in [7, 11) is 0. The molecule has 1 fully saturated rings. The lowest BCUT2D eigenvalue weighted by molar-refractivity contribution is -0.158. The van der Waals surface area contributed by atoms with Gasteiger partial charge in [-0.05, 0) is 24.8 Å². The third-order valence-corrected chi connectivity index (χ3v) is 3.34. The first-order valence-electron chi connectivity index (χ1n) is 6.75. The van der Waals surface area contributed by atoms with Gasteiger partial charge in [-0.1, -0.05) is 13.8 Å². The van der Waals surface area contributed by atoms with Gasteiger partial charge in [0.15, 0.2) is 6.04 Å². The third kappa shape index (κ3) is 4.80. The van der Waals surface area contributed by atoms with Crippen LogP contribution in [0.4, 0.5) is 0 Å². The molecule has 2 atom stereocenters. The molecule has 1 unspecified atom stereocenters. The van der Waals surface area contributed by atoms with Crippen molar-refractivity contribution in [1.29, 1.82) is 0 Å². The van der Waals surface area contributed by atoms with Gasteiger partial charge in [-0.15, -0.1) is 0 Å². The van der Waals surface area contributed by atoms with E-state index in [-0.39, 0.29) is 18.4 Å². The van der Waals surface area contributed by atoms with Crippen LogP contribution < -0.4 is 5.73 Å². The van der Waals surface area contributed by atoms with Crippen molar-refractivity contribution in [1.82, 2.24) is 4.90 Å². The van der Waals surface area contributed by atoms with Crippen LogP contribution in [0.2, 0.25) is 0 Å².